The zero-order valence-electron chi connectivity index (χ0n) is 7.83. The highest BCUT2D eigenvalue weighted by atomic mass is 15.0. The third-order valence-electron chi connectivity index (χ3n) is 2.60. The van der Waals surface area contributed by atoms with Gasteiger partial charge in [0.05, 0.1) is 11.7 Å². The Morgan fingerprint density at radius 3 is 2.85 bits per heavy atom. The zero-order chi connectivity index (χ0) is 9.10. The molecule has 1 aromatic heterocycles. The lowest BCUT2D eigenvalue weighted by Gasteiger charge is -2.34. The Bertz CT molecular complexity index is 256. The van der Waals surface area contributed by atoms with Gasteiger partial charge in [0.2, 0.25) is 0 Å². The van der Waals surface area contributed by atoms with Gasteiger partial charge in [0.25, 0.3) is 0 Å². The second kappa shape index (κ2) is 3.85. The quantitative estimate of drug-likeness (QED) is 0.708. The molecule has 1 aliphatic heterocycles. The van der Waals surface area contributed by atoms with Crippen LogP contribution in [-0.2, 0) is 0 Å². The van der Waals surface area contributed by atoms with E-state index in [4.69, 9.17) is 0 Å². The van der Waals surface area contributed by atoms with Crippen LogP contribution in [0.4, 0.5) is 0 Å². The topological polar surface area (TPSA) is 37.0 Å². The third-order valence-corrected chi connectivity index (χ3v) is 2.60. The van der Waals surface area contributed by atoms with Crippen LogP contribution in [0.15, 0.2) is 24.4 Å². The van der Waals surface area contributed by atoms with Crippen LogP contribution in [0.2, 0.25) is 0 Å². The van der Waals surface area contributed by atoms with Gasteiger partial charge in [0.15, 0.2) is 0 Å². The van der Waals surface area contributed by atoms with Crippen molar-refractivity contribution in [2.75, 3.05) is 20.1 Å². The Hall–Kier alpha value is -0.930. The van der Waals surface area contributed by atoms with Crippen LogP contribution in [0.1, 0.15) is 11.7 Å². The van der Waals surface area contributed by atoms with Gasteiger partial charge in [-0.2, -0.15) is 0 Å². The van der Waals surface area contributed by atoms with Crippen molar-refractivity contribution in [1.29, 1.82) is 0 Å². The minimum atomic E-state index is 0.405. The summed E-state index contributed by atoms with van der Waals surface area (Å²) < 4.78 is 0. The maximum absolute atomic E-state index is 4.36. The van der Waals surface area contributed by atoms with E-state index in [0.717, 1.165) is 18.8 Å². The van der Waals surface area contributed by atoms with Crippen molar-refractivity contribution in [3.05, 3.63) is 30.1 Å². The molecule has 1 aliphatic rings. The van der Waals surface area contributed by atoms with E-state index in [2.05, 4.69) is 21.7 Å². The molecular formula is C10H15N3. The van der Waals surface area contributed by atoms with Gasteiger partial charge in [0.1, 0.15) is 0 Å². The van der Waals surface area contributed by atoms with Gasteiger partial charge in [-0.15, -0.1) is 0 Å². The molecule has 0 bridgehead atoms. The molecule has 13 heavy (non-hydrogen) atoms. The van der Waals surface area contributed by atoms with Crippen LogP contribution >= 0.6 is 0 Å². The predicted molar refractivity (Wildman–Crippen MR) is 52.4 cm³/mol. The fourth-order valence-electron chi connectivity index (χ4n) is 1.73. The highest BCUT2D eigenvalue weighted by molar-refractivity contribution is 5.11. The molecular weight excluding hydrogens is 162 g/mol. The van der Waals surface area contributed by atoms with Crippen molar-refractivity contribution >= 4 is 0 Å². The molecule has 1 saturated heterocycles. The molecule has 0 radical (unpaired) electrons. The second-order valence-electron chi connectivity index (χ2n) is 3.44. The van der Waals surface area contributed by atoms with Crippen LogP contribution in [0.5, 0.6) is 0 Å². The van der Waals surface area contributed by atoms with E-state index in [1.54, 1.807) is 0 Å². The van der Waals surface area contributed by atoms with E-state index in [0.29, 0.717) is 12.0 Å². The molecule has 3 heteroatoms. The first-order valence-corrected chi connectivity index (χ1v) is 4.70. The summed E-state index contributed by atoms with van der Waals surface area (Å²) in [5, 5.41) is 6.60. The summed E-state index contributed by atoms with van der Waals surface area (Å²) in [5.74, 6) is 0.694. The highest BCUT2D eigenvalue weighted by Gasteiger charge is 2.27. The molecule has 1 unspecified atom stereocenters. The van der Waals surface area contributed by atoms with Crippen LogP contribution in [0, 0.1) is 5.92 Å². The van der Waals surface area contributed by atoms with Gasteiger partial charge in [-0.1, -0.05) is 6.07 Å². The monoisotopic (exact) mass is 177 g/mol. The molecule has 1 atom stereocenters. The predicted octanol–water partition coefficient (Wildman–Crippen LogP) is 0.561. The number of nitrogens with one attached hydrogen (secondary N) is 2. The Labute approximate surface area is 78.6 Å². The van der Waals surface area contributed by atoms with Crippen molar-refractivity contribution < 1.29 is 0 Å². The number of rotatable bonds is 3. The molecule has 70 valence electrons. The molecule has 0 aliphatic carbocycles. The number of nitrogens with zero attached hydrogens (tertiary/aromatic N) is 1. The van der Waals surface area contributed by atoms with Gasteiger partial charge >= 0.3 is 0 Å². The van der Waals surface area contributed by atoms with Gasteiger partial charge in [-0.05, 0) is 19.2 Å². The van der Waals surface area contributed by atoms with Gasteiger partial charge in [0, 0.05) is 25.2 Å². The average molecular weight is 177 g/mol. The maximum atomic E-state index is 4.36. The van der Waals surface area contributed by atoms with Crippen LogP contribution in [0.3, 0.4) is 0 Å². The minimum absolute atomic E-state index is 0.405. The number of pyridine rings is 1. The molecule has 0 amide bonds. The number of aromatic nitrogens is 1. The summed E-state index contributed by atoms with van der Waals surface area (Å²) in [6.07, 6.45) is 1.85. The number of hydrogen-bond donors (Lipinski definition) is 2. The van der Waals surface area contributed by atoms with Crippen LogP contribution in [0.25, 0.3) is 0 Å². The van der Waals surface area contributed by atoms with E-state index < -0.39 is 0 Å². The van der Waals surface area contributed by atoms with E-state index in [9.17, 15) is 0 Å². The molecule has 3 nitrogen and oxygen atoms in total. The first-order chi connectivity index (χ1) is 6.42. The smallest absolute Gasteiger partial charge is 0.0576 e. The molecule has 0 spiro atoms. The summed E-state index contributed by atoms with van der Waals surface area (Å²) in [6.45, 7) is 2.20. The van der Waals surface area contributed by atoms with E-state index in [1.807, 2.05) is 25.4 Å². The lowest BCUT2D eigenvalue weighted by molar-refractivity contribution is 0.264. The molecule has 2 heterocycles. The van der Waals surface area contributed by atoms with Gasteiger partial charge in [-0.25, -0.2) is 0 Å². The Morgan fingerprint density at radius 2 is 2.38 bits per heavy atom. The fourth-order valence-corrected chi connectivity index (χ4v) is 1.73. The second-order valence-corrected chi connectivity index (χ2v) is 3.44. The number of hydrogen-bond acceptors (Lipinski definition) is 3. The molecule has 0 aromatic carbocycles. The van der Waals surface area contributed by atoms with Crippen LogP contribution < -0.4 is 10.6 Å². The summed E-state index contributed by atoms with van der Waals surface area (Å²) in [7, 11) is 2.00. The lowest BCUT2D eigenvalue weighted by Crippen LogP contribution is -2.48. The zero-order valence-corrected chi connectivity index (χ0v) is 7.83. The minimum Gasteiger partial charge on any atom is -0.316 e. The van der Waals surface area contributed by atoms with Gasteiger partial charge < -0.3 is 10.6 Å². The maximum Gasteiger partial charge on any atom is 0.0576 e. The molecule has 1 fully saturated rings. The summed E-state index contributed by atoms with van der Waals surface area (Å²) in [5.41, 5.74) is 1.15. The first kappa shape index (κ1) is 8.66. The van der Waals surface area contributed by atoms with Gasteiger partial charge in [-0.3, -0.25) is 4.98 Å². The molecule has 2 N–H and O–H groups in total. The fraction of sp³-hybridized carbons (Fsp3) is 0.500. The SMILES string of the molecule is CNC(c1ccccn1)C1CNC1. The Balaban J connectivity index is 2.12. The van der Waals surface area contributed by atoms with Crippen molar-refractivity contribution in [3.8, 4) is 0 Å². The summed E-state index contributed by atoms with van der Waals surface area (Å²) in [6, 6.07) is 6.48. The normalized spacial score (nSPS) is 19.5. The highest BCUT2D eigenvalue weighted by Crippen LogP contribution is 2.22. The standard InChI is InChI=1S/C10H15N3/c1-11-10(8-6-12-7-8)9-4-2-3-5-13-9/h2-5,8,10-12H,6-7H2,1H3. The molecule has 1 aromatic rings. The van der Waals surface area contributed by atoms with Crippen molar-refractivity contribution in [1.82, 2.24) is 15.6 Å². The largest absolute Gasteiger partial charge is 0.316 e. The third kappa shape index (κ3) is 1.71. The Kier molecular flexibility index (Phi) is 2.57. The van der Waals surface area contributed by atoms with E-state index in [1.165, 1.54) is 0 Å². The Morgan fingerprint density at radius 1 is 1.54 bits per heavy atom. The van der Waals surface area contributed by atoms with E-state index in [-0.39, 0.29) is 0 Å². The van der Waals surface area contributed by atoms with Crippen molar-refractivity contribution in [2.45, 2.75) is 6.04 Å². The molecule has 0 saturated carbocycles. The van der Waals surface area contributed by atoms with Crippen LogP contribution in [-0.4, -0.2) is 25.1 Å². The van der Waals surface area contributed by atoms with E-state index >= 15 is 0 Å². The van der Waals surface area contributed by atoms with Crippen molar-refractivity contribution in [2.24, 2.45) is 5.92 Å². The lowest BCUT2D eigenvalue weighted by atomic mass is 9.91. The summed E-state index contributed by atoms with van der Waals surface area (Å²) in [4.78, 5) is 4.36. The average Bonchev–Trinajstić information content (AvgIpc) is 2.12. The summed E-state index contributed by atoms with van der Waals surface area (Å²) >= 11 is 0. The van der Waals surface area contributed by atoms with Crippen molar-refractivity contribution in [3.63, 3.8) is 0 Å². The molecule has 2 rings (SSSR count). The first-order valence-electron chi connectivity index (χ1n) is 4.70.